The van der Waals surface area contributed by atoms with E-state index in [1.165, 1.54) is 29.6 Å². The van der Waals surface area contributed by atoms with Crippen molar-refractivity contribution in [2.45, 2.75) is 29.9 Å². The zero-order chi connectivity index (χ0) is 10.0. The number of benzene rings is 1. The summed E-state index contributed by atoms with van der Waals surface area (Å²) in [6, 6.07) is 13.0. The van der Waals surface area contributed by atoms with Gasteiger partial charge in [0.15, 0.2) is 6.04 Å². The maximum atomic E-state index is 3.89. The number of piperidine rings is 3. The zero-order valence-corrected chi connectivity index (χ0v) is 10.2. The number of alkyl halides is 1. The van der Waals surface area contributed by atoms with Crippen LogP contribution in [0.3, 0.4) is 0 Å². The molecule has 3 heterocycles. The lowest BCUT2D eigenvalue weighted by Crippen LogP contribution is -2.25. The van der Waals surface area contributed by atoms with Gasteiger partial charge in [-0.1, -0.05) is 46.3 Å². The largest absolute Gasteiger partial charge is 0.304 e. The van der Waals surface area contributed by atoms with Crippen molar-refractivity contribution in [2.75, 3.05) is 6.54 Å². The minimum Gasteiger partial charge on any atom is -0.304 e. The summed E-state index contributed by atoms with van der Waals surface area (Å²) >= 11 is 3.89. The van der Waals surface area contributed by atoms with Crippen molar-refractivity contribution in [1.29, 1.82) is 0 Å². The topological polar surface area (TPSA) is 0 Å². The number of nitrogens with zero attached hydrogens (tertiary/aromatic N) is 1. The van der Waals surface area contributed by atoms with E-state index in [9.17, 15) is 0 Å². The molecule has 4 fully saturated rings. The van der Waals surface area contributed by atoms with Gasteiger partial charge in [0, 0.05) is 17.9 Å². The Kier molecular flexibility index (Phi) is 1.56. The van der Waals surface area contributed by atoms with Crippen molar-refractivity contribution in [1.82, 2.24) is 0 Å². The highest BCUT2D eigenvalue weighted by Gasteiger charge is 2.81. The molecule has 0 unspecified atom stereocenters. The smallest absolute Gasteiger partial charge is 0.155 e. The summed E-state index contributed by atoms with van der Waals surface area (Å²) in [6.45, 7) is 2.70. The van der Waals surface area contributed by atoms with Crippen molar-refractivity contribution in [3.8, 4) is 0 Å². The molecule has 0 N–H and O–H groups in total. The van der Waals surface area contributed by atoms with Crippen molar-refractivity contribution >= 4 is 15.9 Å². The number of quaternary nitrogens is 1. The van der Waals surface area contributed by atoms with Gasteiger partial charge in [-0.2, -0.15) is 0 Å². The molecule has 3 aliphatic heterocycles. The van der Waals surface area contributed by atoms with Crippen molar-refractivity contribution in [3.05, 3.63) is 35.9 Å². The first kappa shape index (κ1) is 8.77. The van der Waals surface area contributed by atoms with Crippen LogP contribution in [0.1, 0.15) is 12.0 Å². The van der Waals surface area contributed by atoms with Gasteiger partial charge in [-0.05, 0) is 0 Å². The fourth-order valence-corrected chi connectivity index (χ4v) is 5.39. The Morgan fingerprint density at radius 2 is 2.07 bits per heavy atom. The second-order valence-corrected chi connectivity index (χ2v) is 6.48. The van der Waals surface area contributed by atoms with Crippen LogP contribution < -0.4 is 0 Å². The average Bonchev–Trinajstić information content (AvgIpc) is 2.55. The number of rotatable bonds is 2. The van der Waals surface area contributed by atoms with E-state index in [1.54, 1.807) is 0 Å². The highest BCUT2D eigenvalue weighted by atomic mass is 79.9. The fourth-order valence-electron chi connectivity index (χ4n) is 4.18. The van der Waals surface area contributed by atoms with Gasteiger partial charge in [-0.15, -0.1) is 0 Å². The molecule has 3 saturated heterocycles. The van der Waals surface area contributed by atoms with E-state index in [-0.39, 0.29) is 0 Å². The number of hydrogen-bond acceptors (Lipinski definition) is 0. The second-order valence-electron chi connectivity index (χ2n) is 5.43. The lowest BCUT2D eigenvalue weighted by molar-refractivity contribution is -0.823. The molecular weight excluding hydrogens is 250 g/mol. The molecule has 1 aliphatic carbocycles. The summed E-state index contributed by atoms with van der Waals surface area (Å²) in [5, 5.41) is 0. The van der Waals surface area contributed by atoms with Gasteiger partial charge >= 0.3 is 0 Å². The van der Waals surface area contributed by atoms with E-state index in [1.807, 2.05) is 0 Å². The Balaban J connectivity index is 1.63. The van der Waals surface area contributed by atoms with Gasteiger partial charge in [-0.3, -0.25) is 0 Å². The van der Waals surface area contributed by atoms with Crippen LogP contribution >= 0.6 is 15.9 Å². The van der Waals surface area contributed by atoms with Crippen LogP contribution in [0.2, 0.25) is 0 Å². The predicted octanol–water partition coefficient (Wildman–Crippen LogP) is 2.55. The van der Waals surface area contributed by atoms with Gasteiger partial charge in [-0.25, -0.2) is 0 Å². The molecule has 0 amide bonds. The predicted molar refractivity (Wildman–Crippen MR) is 63.7 cm³/mol. The van der Waals surface area contributed by atoms with Crippen LogP contribution in [0, 0.1) is 5.92 Å². The Hall–Kier alpha value is -0.340. The third-order valence-electron chi connectivity index (χ3n) is 4.77. The third kappa shape index (κ3) is 0.974. The molecule has 78 valence electrons. The zero-order valence-electron chi connectivity index (χ0n) is 8.64. The van der Waals surface area contributed by atoms with Crippen LogP contribution in [-0.4, -0.2) is 27.9 Å². The number of halogens is 1. The highest BCUT2D eigenvalue weighted by molar-refractivity contribution is 9.09. The van der Waals surface area contributed by atoms with Gasteiger partial charge in [0.25, 0.3) is 0 Å². The van der Waals surface area contributed by atoms with E-state index in [2.05, 4.69) is 46.3 Å². The van der Waals surface area contributed by atoms with Crippen molar-refractivity contribution in [3.63, 3.8) is 0 Å². The average molecular weight is 265 g/mol. The Morgan fingerprint density at radius 3 is 2.60 bits per heavy atom. The maximum absolute atomic E-state index is 3.89. The van der Waals surface area contributed by atoms with Crippen molar-refractivity contribution < 1.29 is 4.48 Å². The highest BCUT2D eigenvalue weighted by Crippen LogP contribution is 2.64. The number of hydrogen-bond donors (Lipinski definition) is 0. The molecular formula is C13H15BrN+. The minimum atomic E-state index is 0.825. The monoisotopic (exact) mass is 264 g/mol. The van der Waals surface area contributed by atoms with Gasteiger partial charge in [0.2, 0.25) is 0 Å². The van der Waals surface area contributed by atoms with Gasteiger partial charge in [0.1, 0.15) is 12.6 Å². The molecule has 15 heavy (non-hydrogen) atoms. The maximum Gasteiger partial charge on any atom is 0.155 e. The molecule has 0 spiro atoms. The lowest BCUT2D eigenvalue weighted by atomic mass is 10.1. The molecule has 4 bridgehead atoms. The van der Waals surface area contributed by atoms with E-state index < -0.39 is 0 Å². The molecule has 2 heteroatoms. The normalized spacial score (nSPS) is 49.7. The summed E-state index contributed by atoms with van der Waals surface area (Å²) in [5.74, 6) is 0.976. The molecule has 1 saturated carbocycles. The molecule has 1 aromatic rings. The first-order chi connectivity index (χ1) is 7.31. The Morgan fingerprint density at radius 1 is 1.27 bits per heavy atom. The first-order valence-electron chi connectivity index (χ1n) is 5.86. The van der Waals surface area contributed by atoms with Crippen LogP contribution in [0.15, 0.2) is 30.3 Å². The molecule has 5 atom stereocenters. The summed E-state index contributed by atoms with van der Waals surface area (Å²) in [4.78, 5) is 0.825. The van der Waals surface area contributed by atoms with E-state index in [4.69, 9.17) is 0 Å². The molecule has 0 radical (unpaired) electrons. The van der Waals surface area contributed by atoms with E-state index in [0.717, 1.165) is 22.8 Å². The van der Waals surface area contributed by atoms with Crippen LogP contribution in [0.4, 0.5) is 0 Å². The first-order valence-corrected chi connectivity index (χ1v) is 6.77. The van der Waals surface area contributed by atoms with Crippen molar-refractivity contribution in [2.24, 2.45) is 5.92 Å². The van der Waals surface area contributed by atoms with E-state index in [0.29, 0.717) is 0 Å². The summed E-state index contributed by atoms with van der Waals surface area (Å²) < 4.78 is 1.41. The molecule has 4 aliphatic rings. The Bertz CT molecular complexity index is 404. The third-order valence-corrected chi connectivity index (χ3v) is 6.06. The van der Waals surface area contributed by atoms with Crippen LogP contribution in [0.25, 0.3) is 0 Å². The summed E-state index contributed by atoms with van der Waals surface area (Å²) in [5.41, 5.74) is 1.52. The van der Waals surface area contributed by atoms with Crippen LogP contribution in [0.5, 0.6) is 0 Å². The van der Waals surface area contributed by atoms with Crippen LogP contribution in [-0.2, 0) is 6.54 Å². The quantitative estimate of drug-likeness (QED) is 0.438. The van der Waals surface area contributed by atoms with Gasteiger partial charge in [0.05, 0.1) is 11.4 Å². The molecule has 5 rings (SSSR count). The second kappa shape index (κ2) is 2.67. The standard InChI is InChI=1S/C13H15BrN/c14-12-10-6-11-13(12)15(11,8-10)7-9-4-2-1-3-5-9/h1-5,10-13H,6-8H2/q+1/t10-,11-,12-,13+,15-/m0/s1. The molecule has 1 nitrogen and oxygen atoms in total. The minimum absolute atomic E-state index is 0.825. The fraction of sp³-hybridized carbons (Fsp3) is 0.538. The Labute approximate surface area is 98.8 Å². The summed E-state index contributed by atoms with van der Waals surface area (Å²) in [6.07, 6.45) is 1.48. The molecule has 1 aromatic carbocycles. The summed E-state index contributed by atoms with van der Waals surface area (Å²) in [7, 11) is 0. The SMILES string of the molecule is Br[C@H]1[C@H]2C[C@H]3[C@H]1[N@@+]3(Cc1ccccc1)C2. The van der Waals surface area contributed by atoms with Gasteiger partial charge < -0.3 is 4.48 Å². The lowest BCUT2D eigenvalue weighted by Gasteiger charge is -2.15. The molecule has 0 aromatic heterocycles. The van der Waals surface area contributed by atoms with E-state index >= 15 is 0 Å².